The topological polar surface area (TPSA) is 33.0 Å². The summed E-state index contributed by atoms with van der Waals surface area (Å²) < 4.78 is 5.58. The van der Waals surface area contributed by atoms with Gasteiger partial charge < -0.3 is 4.74 Å². The van der Waals surface area contributed by atoms with E-state index in [4.69, 9.17) is 10.00 Å². The fourth-order valence-electron chi connectivity index (χ4n) is 1.30. The van der Waals surface area contributed by atoms with Crippen LogP contribution in [0.3, 0.4) is 0 Å². The predicted molar refractivity (Wildman–Crippen MR) is 60.9 cm³/mol. The van der Waals surface area contributed by atoms with E-state index in [2.05, 4.69) is 32.0 Å². The number of unbranched alkanes of at least 4 members (excludes halogenated alkanes) is 2. The van der Waals surface area contributed by atoms with Crippen molar-refractivity contribution in [2.45, 2.75) is 33.1 Å². The molecule has 0 saturated carbocycles. The molecule has 1 rings (SSSR count). The van der Waals surface area contributed by atoms with Crippen LogP contribution in [-0.2, 0) is 0 Å². The molecule has 0 unspecified atom stereocenters. The molecule has 2 nitrogen and oxygen atoms in total. The van der Waals surface area contributed by atoms with Crippen molar-refractivity contribution < 1.29 is 4.74 Å². The molecule has 0 radical (unpaired) electrons. The van der Waals surface area contributed by atoms with Crippen molar-refractivity contribution in [1.82, 2.24) is 0 Å². The van der Waals surface area contributed by atoms with Gasteiger partial charge >= 0.3 is 0 Å². The van der Waals surface area contributed by atoms with E-state index in [0.29, 0.717) is 13.0 Å². The summed E-state index contributed by atoms with van der Waals surface area (Å²) in [6, 6.07) is 8.24. The van der Waals surface area contributed by atoms with Crippen molar-refractivity contribution in [2.75, 3.05) is 6.61 Å². The average molecular weight is 203 g/mol. The molecule has 80 valence electrons. The van der Waals surface area contributed by atoms with Gasteiger partial charge in [-0.15, -0.1) is 0 Å². The zero-order chi connectivity index (χ0) is 11.1. The Labute approximate surface area is 91.5 Å². The van der Waals surface area contributed by atoms with Gasteiger partial charge in [-0.3, -0.25) is 0 Å². The lowest BCUT2D eigenvalue weighted by atomic mass is 10.1. The minimum atomic E-state index is 0.621. The lowest BCUT2D eigenvalue weighted by Crippen LogP contribution is -1.97. The first-order valence-electron chi connectivity index (χ1n) is 5.31. The van der Waals surface area contributed by atoms with Gasteiger partial charge in [0.05, 0.1) is 12.7 Å². The molecule has 0 aromatic heterocycles. The van der Waals surface area contributed by atoms with Crippen molar-refractivity contribution in [3.05, 3.63) is 29.3 Å². The maximum absolute atomic E-state index is 8.36. The van der Waals surface area contributed by atoms with E-state index < -0.39 is 0 Å². The smallest absolute Gasteiger partial charge is 0.119 e. The van der Waals surface area contributed by atoms with Crippen LogP contribution < -0.4 is 4.74 Å². The fraction of sp³-hybridized carbons (Fsp3) is 0.462. The summed E-state index contributed by atoms with van der Waals surface area (Å²) in [7, 11) is 0. The predicted octanol–water partition coefficient (Wildman–Crippen LogP) is 3.38. The maximum Gasteiger partial charge on any atom is 0.119 e. The van der Waals surface area contributed by atoms with Gasteiger partial charge in [0.25, 0.3) is 0 Å². The first-order valence-corrected chi connectivity index (χ1v) is 5.31. The van der Waals surface area contributed by atoms with Crippen LogP contribution in [0.25, 0.3) is 0 Å². The number of ether oxygens (including phenoxy) is 1. The number of hydrogen-bond donors (Lipinski definition) is 0. The second kappa shape index (κ2) is 6.08. The molecule has 0 aliphatic carbocycles. The highest BCUT2D eigenvalue weighted by atomic mass is 16.5. The molecule has 15 heavy (non-hydrogen) atoms. The summed E-state index contributed by atoms with van der Waals surface area (Å²) in [5, 5.41) is 8.36. The van der Waals surface area contributed by atoms with Crippen molar-refractivity contribution in [3.63, 3.8) is 0 Å². The van der Waals surface area contributed by atoms with E-state index in [1.807, 2.05) is 6.07 Å². The molecule has 2 heteroatoms. The van der Waals surface area contributed by atoms with Crippen LogP contribution in [0.1, 0.15) is 30.4 Å². The molecule has 0 fully saturated rings. The molecule has 0 saturated heterocycles. The SMILES string of the molecule is Cc1ccc(OCCCCC#N)cc1C. The third-order valence-electron chi connectivity index (χ3n) is 2.43. The van der Waals surface area contributed by atoms with Crippen molar-refractivity contribution >= 4 is 0 Å². The first-order chi connectivity index (χ1) is 7.24. The highest BCUT2D eigenvalue weighted by Gasteiger charge is 1.96. The molecule has 0 N–H and O–H groups in total. The molecule has 0 spiro atoms. The van der Waals surface area contributed by atoms with Crippen molar-refractivity contribution in [3.8, 4) is 11.8 Å². The molecule has 0 heterocycles. The van der Waals surface area contributed by atoms with Crippen LogP contribution in [0, 0.1) is 25.2 Å². The number of hydrogen-bond acceptors (Lipinski definition) is 2. The molecular formula is C13H17NO. The second-order valence-electron chi connectivity index (χ2n) is 3.71. The van der Waals surface area contributed by atoms with Crippen LogP contribution >= 0.6 is 0 Å². The summed E-state index contributed by atoms with van der Waals surface area (Å²) in [4.78, 5) is 0. The second-order valence-corrected chi connectivity index (χ2v) is 3.71. The Morgan fingerprint density at radius 2 is 2.00 bits per heavy atom. The zero-order valence-electron chi connectivity index (χ0n) is 9.42. The Hall–Kier alpha value is -1.49. The Bertz CT molecular complexity index is 352. The summed E-state index contributed by atoms with van der Waals surface area (Å²) in [5.41, 5.74) is 2.54. The zero-order valence-corrected chi connectivity index (χ0v) is 9.42. The van der Waals surface area contributed by atoms with Gasteiger partial charge in [0, 0.05) is 6.42 Å². The molecule has 0 atom stereocenters. The van der Waals surface area contributed by atoms with Crippen molar-refractivity contribution in [1.29, 1.82) is 5.26 Å². The summed E-state index contributed by atoms with van der Waals surface area (Å²) in [5.74, 6) is 0.926. The van der Waals surface area contributed by atoms with Gasteiger partial charge in [-0.25, -0.2) is 0 Å². The minimum absolute atomic E-state index is 0.621. The average Bonchev–Trinajstić information content (AvgIpc) is 2.23. The monoisotopic (exact) mass is 203 g/mol. The molecule has 0 aliphatic rings. The summed E-state index contributed by atoms with van der Waals surface area (Å²) in [6.45, 7) is 4.87. The van der Waals surface area contributed by atoms with E-state index in [1.54, 1.807) is 0 Å². The van der Waals surface area contributed by atoms with E-state index in [9.17, 15) is 0 Å². The number of nitriles is 1. The lowest BCUT2D eigenvalue weighted by Gasteiger charge is -2.07. The van der Waals surface area contributed by atoms with Gasteiger partial charge in [-0.1, -0.05) is 6.07 Å². The molecule has 0 bridgehead atoms. The standard InChI is InChI=1S/C13H17NO/c1-11-6-7-13(10-12(11)2)15-9-5-3-4-8-14/h6-7,10H,3-5,9H2,1-2H3. The van der Waals surface area contributed by atoms with Gasteiger partial charge in [-0.2, -0.15) is 5.26 Å². The molecular weight excluding hydrogens is 186 g/mol. The van der Waals surface area contributed by atoms with Gasteiger partial charge in [0.15, 0.2) is 0 Å². The van der Waals surface area contributed by atoms with Crippen LogP contribution in [0.15, 0.2) is 18.2 Å². The maximum atomic E-state index is 8.36. The van der Waals surface area contributed by atoms with Crippen LogP contribution in [-0.4, -0.2) is 6.61 Å². The number of rotatable bonds is 5. The highest BCUT2D eigenvalue weighted by Crippen LogP contribution is 2.16. The minimum Gasteiger partial charge on any atom is -0.494 e. The number of nitrogens with zero attached hydrogens (tertiary/aromatic N) is 1. The normalized spacial score (nSPS) is 9.67. The Balaban J connectivity index is 2.32. The molecule has 1 aromatic rings. The quantitative estimate of drug-likeness (QED) is 0.687. The highest BCUT2D eigenvalue weighted by molar-refractivity contribution is 5.33. The van der Waals surface area contributed by atoms with Crippen molar-refractivity contribution in [2.24, 2.45) is 0 Å². The van der Waals surface area contributed by atoms with E-state index in [-0.39, 0.29) is 0 Å². The largest absolute Gasteiger partial charge is 0.494 e. The Kier molecular flexibility index (Phi) is 4.70. The Morgan fingerprint density at radius 3 is 2.67 bits per heavy atom. The van der Waals surface area contributed by atoms with Crippen LogP contribution in [0.2, 0.25) is 0 Å². The first kappa shape index (κ1) is 11.6. The van der Waals surface area contributed by atoms with Gasteiger partial charge in [0.1, 0.15) is 5.75 Å². The van der Waals surface area contributed by atoms with Crippen LogP contribution in [0.4, 0.5) is 0 Å². The van der Waals surface area contributed by atoms with Gasteiger partial charge in [0.2, 0.25) is 0 Å². The van der Waals surface area contributed by atoms with Gasteiger partial charge in [-0.05, 0) is 49.9 Å². The van der Waals surface area contributed by atoms with E-state index in [1.165, 1.54) is 11.1 Å². The molecule has 0 amide bonds. The number of aryl methyl sites for hydroxylation is 2. The lowest BCUT2D eigenvalue weighted by molar-refractivity contribution is 0.307. The van der Waals surface area contributed by atoms with E-state index in [0.717, 1.165) is 18.6 Å². The third kappa shape index (κ3) is 4.03. The Morgan fingerprint density at radius 1 is 1.20 bits per heavy atom. The summed E-state index contributed by atoms with van der Waals surface area (Å²) in [6.07, 6.45) is 2.48. The fourth-order valence-corrected chi connectivity index (χ4v) is 1.30. The third-order valence-corrected chi connectivity index (χ3v) is 2.43. The van der Waals surface area contributed by atoms with E-state index >= 15 is 0 Å². The molecule has 0 aliphatic heterocycles. The summed E-state index contributed by atoms with van der Waals surface area (Å²) >= 11 is 0. The number of benzene rings is 1. The van der Waals surface area contributed by atoms with Crippen LogP contribution in [0.5, 0.6) is 5.75 Å². The molecule has 1 aromatic carbocycles.